The van der Waals surface area contributed by atoms with Crippen LogP contribution < -0.4 is 10.6 Å². The minimum atomic E-state index is -0.918. The number of H-pyrrole nitrogens is 1. The number of ketones is 2. The Labute approximate surface area is 333 Å². The van der Waals surface area contributed by atoms with Gasteiger partial charge in [-0.25, -0.2) is 14.6 Å². The van der Waals surface area contributed by atoms with E-state index in [1.807, 2.05) is 38.4 Å². The second-order valence-corrected chi connectivity index (χ2v) is 15.6. The van der Waals surface area contributed by atoms with Crippen LogP contribution in [0.3, 0.4) is 0 Å². The lowest BCUT2D eigenvalue weighted by atomic mass is 9.92. The minimum absolute atomic E-state index is 0.00163. The van der Waals surface area contributed by atoms with Gasteiger partial charge >= 0.3 is 0 Å². The summed E-state index contributed by atoms with van der Waals surface area (Å²) in [6.07, 6.45) is 3.97. The van der Waals surface area contributed by atoms with E-state index in [9.17, 15) is 24.0 Å². The Bertz CT molecular complexity index is 2700. The molecule has 2 fully saturated rings. The highest BCUT2D eigenvalue weighted by atomic mass is 16.5. The lowest BCUT2D eigenvalue weighted by Crippen LogP contribution is -2.47. The first kappa shape index (κ1) is 37.1. The summed E-state index contributed by atoms with van der Waals surface area (Å²) in [5.41, 5.74) is 7.40. The third-order valence-electron chi connectivity index (χ3n) is 11.6. The van der Waals surface area contributed by atoms with E-state index in [1.54, 1.807) is 12.1 Å². The number of carbonyl (C=O) groups is 5. The molecule has 0 radical (unpaired) electrons. The van der Waals surface area contributed by atoms with Gasteiger partial charge in [-0.05, 0) is 101 Å². The molecule has 15 heteroatoms. The fraction of sp³-hybridized carbons (Fsp3) is 0.372. The second kappa shape index (κ2) is 14.5. The molecule has 9 rings (SSSR count). The highest BCUT2D eigenvalue weighted by molar-refractivity contribution is 6.24. The number of Topliss-reactive ketones (excluding diaryl/α,β-unsaturated/α-hetero) is 2. The summed E-state index contributed by atoms with van der Waals surface area (Å²) in [5, 5.41) is 17.1. The molecule has 0 saturated heterocycles. The van der Waals surface area contributed by atoms with Gasteiger partial charge in [0.25, 0.3) is 17.7 Å². The number of aromatic nitrogens is 6. The molecule has 0 bridgehead atoms. The number of carbonyl (C=O) groups excluding carboxylic acids is 5. The molecule has 58 heavy (non-hydrogen) atoms. The molecule has 296 valence electrons. The molecule has 1 atom stereocenters. The third-order valence-corrected chi connectivity index (χ3v) is 11.6. The molecule has 4 aromatic heterocycles. The maximum absolute atomic E-state index is 13.7. The van der Waals surface area contributed by atoms with E-state index in [4.69, 9.17) is 19.6 Å². The largest absolute Gasteiger partial charge is 0.361 e. The number of fused-ring (bicyclic) bond motifs is 4. The summed E-state index contributed by atoms with van der Waals surface area (Å²) >= 11 is 0. The average Bonchev–Trinajstić information content (AvgIpc) is 3.66. The molecule has 2 saturated carbocycles. The number of nitrogens with zero attached hydrogens (tertiary/aromatic N) is 6. The van der Waals surface area contributed by atoms with Crippen LogP contribution in [0.15, 0.2) is 40.9 Å². The number of unbranched alkanes of at least 4 members (excludes halogenated alkanes) is 1. The molecular formula is C43H43N9O6. The van der Waals surface area contributed by atoms with Gasteiger partial charge in [0, 0.05) is 48.0 Å². The van der Waals surface area contributed by atoms with Crippen molar-refractivity contribution in [1.29, 1.82) is 0 Å². The molecule has 1 unspecified atom stereocenters. The van der Waals surface area contributed by atoms with Crippen LogP contribution in [0.2, 0.25) is 0 Å². The number of nitrogens with one attached hydrogen (secondary N) is 3. The predicted molar refractivity (Wildman–Crippen MR) is 214 cm³/mol. The second-order valence-electron chi connectivity index (χ2n) is 15.6. The van der Waals surface area contributed by atoms with E-state index in [0.29, 0.717) is 60.9 Å². The van der Waals surface area contributed by atoms with Gasteiger partial charge in [0.1, 0.15) is 28.8 Å². The number of imide groups is 1. The van der Waals surface area contributed by atoms with Crippen LogP contribution in [0.25, 0.3) is 33.1 Å². The quantitative estimate of drug-likeness (QED) is 0.0690. The maximum atomic E-state index is 13.7. The number of aromatic amines is 1. The van der Waals surface area contributed by atoms with Gasteiger partial charge < -0.3 is 20.1 Å². The monoisotopic (exact) mass is 781 g/mol. The molecule has 2 aromatic carbocycles. The van der Waals surface area contributed by atoms with Crippen LogP contribution in [-0.4, -0.2) is 76.7 Å². The standard InChI is InChI=1S/C43H43N9O6/c1-5-51-34(20-30(49-51)24-12-13-24)46-39-37-29-17-21(2)28(35-22(3)50-58-23(35)4)19-31(29)45-38(37)47-40(48-39)41(55)44-16-7-6-9-25-10-8-11-27-36(25)43(57)52(42(27)56)32-15-14-26(53)18-33(32)54/h8,10-11,17,19-20,24,32H,5-7,9,12-16,18H2,1-4H3,(H,44,55)(H2,45,46,47,48). The van der Waals surface area contributed by atoms with Crippen molar-refractivity contribution in [3.63, 3.8) is 0 Å². The first-order chi connectivity index (χ1) is 28.0. The Balaban J connectivity index is 0.947. The smallest absolute Gasteiger partial charge is 0.289 e. The van der Waals surface area contributed by atoms with Crippen molar-refractivity contribution in [2.45, 2.75) is 97.6 Å². The Kier molecular flexibility index (Phi) is 9.24. The van der Waals surface area contributed by atoms with Gasteiger partial charge in [0.2, 0.25) is 5.82 Å². The normalized spacial score (nSPS) is 16.9. The zero-order valence-electron chi connectivity index (χ0n) is 32.8. The molecule has 6 aromatic rings. The van der Waals surface area contributed by atoms with E-state index in [0.717, 1.165) is 73.7 Å². The van der Waals surface area contributed by atoms with Crippen LogP contribution >= 0.6 is 0 Å². The number of anilines is 2. The summed E-state index contributed by atoms with van der Waals surface area (Å²) in [6.45, 7) is 8.87. The van der Waals surface area contributed by atoms with Crippen molar-refractivity contribution < 1.29 is 28.5 Å². The lowest BCUT2D eigenvalue weighted by Gasteiger charge is -2.27. The molecule has 2 aliphatic carbocycles. The van der Waals surface area contributed by atoms with E-state index in [1.165, 1.54) is 0 Å². The van der Waals surface area contributed by atoms with Crippen LogP contribution in [0.1, 0.15) is 117 Å². The first-order valence-electron chi connectivity index (χ1n) is 19.9. The summed E-state index contributed by atoms with van der Waals surface area (Å²) < 4.78 is 7.40. The molecule has 3 N–H and O–H groups in total. The number of benzene rings is 2. The fourth-order valence-corrected chi connectivity index (χ4v) is 8.48. The van der Waals surface area contributed by atoms with Crippen LogP contribution in [0, 0.1) is 20.8 Å². The van der Waals surface area contributed by atoms with Crippen molar-refractivity contribution in [3.05, 3.63) is 81.6 Å². The van der Waals surface area contributed by atoms with Crippen molar-refractivity contribution in [2.75, 3.05) is 11.9 Å². The highest BCUT2D eigenvalue weighted by Crippen LogP contribution is 2.41. The molecule has 5 heterocycles. The molecule has 3 amide bonds. The SMILES string of the molecule is CCn1nc(C2CC2)cc1Nc1nc(C(=O)NCCCCc2cccc3c2C(=O)N(C2CCC(=O)CC2=O)C3=O)nc2[nH]c3cc(-c4c(C)noc4C)c(C)cc3c12. The van der Waals surface area contributed by atoms with Crippen molar-refractivity contribution in [1.82, 2.24) is 40.1 Å². The lowest BCUT2D eigenvalue weighted by molar-refractivity contribution is -0.132. The predicted octanol–water partition coefficient (Wildman–Crippen LogP) is 6.57. The van der Waals surface area contributed by atoms with E-state index in [2.05, 4.69) is 39.0 Å². The van der Waals surface area contributed by atoms with E-state index in [-0.39, 0.29) is 36.4 Å². The Morgan fingerprint density at radius 2 is 1.79 bits per heavy atom. The number of rotatable bonds is 12. The Morgan fingerprint density at radius 1 is 0.966 bits per heavy atom. The minimum Gasteiger partial charge on any atom is -0.361 e. The van der Waals surface area contributed by atoms with Gasteiger partial charge in [0.15, 0.2) is 5.78 Å². The van der Waals surface area contributed by atoms with E-state index < -0.39 is 29.5 Å². The van der Waals surface area contributed by atoms with Gasteiger partial charge in [-0.15, -0.1) is 0 Å². The van der Waals surface area contributed by atoms with Gasteiger partial charge in [-0.1, -0.05) is 17.3 Å². The summed E-state index contributed by atoms with van der Waals surface area (Å²) in [5.74, 6) is 0.448. The summed E-state index contributed by atoms with van der Waals surface area (Å²) in [7, 11) is 0. The molecular weight excluding hydrogens is 739 g/mol. The number of amides is 3. The van der Waals surface area contributed by atoms with Crippen molar-refractivity contribution >= 4 is 62.9 Å². The van der Waals surface area contributed by atoms with Crippen molar-refractivity contribution in [2.24, 2.45) is 0 Å². The van der Waals surface area contributed by atoms with Gasteiger partial charge in [-0.3, -0.25) is 28.9 Å². The molecule has 1 aliphatic heterocycles. The fourth-order valence-electron chi connectivity index (χ4n) is 8.48. The van der Waals surface area contributed by atoms with Gasteiger partial charge in [-0.2, -0.15) is 5.10 Å². The van der Waals surface area contributed by atoms with Crippen LogP contribution in [-0.2, 0) is 22.6 Å². The zero-order valence-corrected chi connectivity index (χ0v) is 32.8. The third kappa shape index (κ3) is 6.43. The summed E-state index contributed by atoms with van der Waals surface area (Å²) in [4.78, 5) is 79.0. The molecule has 3 aliphatic rings. The number of hydrogen-bond donors (Lipinski definition) is 3. The Hall–Kier alpha value is -6.51. The first-order valence-corrected chi connectivity index (χ1v) is 19.9. The van der Waals surface area contributed by atoms with Crippen LogP contribution in [0.4, 0.5) is 11.6 Å². The molecule has 0 spiro atoms. The zero-order chi connectivity index (χ0) is 40.4. The Morgan fingerprint density at radius 3 is 2.53 bits per heavy atom. The summed E-state index contributed by atoms with van der Waals surface area (Å²) in [6, 6.07) is 10.4. The van der Waals surface area contributed by atoms with E-state index >= 15 is 0 Å². The topological polar surface area (TPSA) is 198 Å². The highest BCUT2D eigenvalue weighted by Gasteiger charge is 2.45. The average molecular weight is 782 g/mol. The van der Waals surface area contributed by atoms with Crippen LogP contribution in [0.5, 0.6) is 0 Å². The number of aryl methyl sites for hydroxylation is 5. The molecule has 15 nitrogen and oxygen atoms in total. The maximum Gasteiger partial charge on any atom is 0.289 e. The number of hydrogen-bond acceptors (Lipinski definition) is 11. The van der Waals surface area contributed by atoms with Gasteiger partial charge in [0.05, 0.1) is 40.4 Å². The van der Waals surface area contributed by atoms with Crippen molar-refractivity contribution in [3.8, 4) is 11.1 Å².